The Balaban J connectivity index is 1.48. The Kier molecular flexibility index (Phi) is 4.64. The number of hydrogen-bond acceptors (Lipinski definition) is 3. The predicted octanol–water partition coefficient (Wildman–Crippen LogP) is 3.85. The van der Waals surface area contributed by atoms with Gasteiger partial charge in [0.1, 0.15) is 0 Å². The van der Waals surface area contributed by atoms with Crippen molar-refractivity contribution in [1.29, 1.82) is 0 Å². The second-order valence-corrected chi connectivity index (χ2v) is 8.48. The number of alkyl halides is 3. The van der Waals surface area contributed by atoms with Gasteiger partial charge in [-0.15, -0.1) is 0 Å². The Morgan fingerprint density at radius 1 is 1.03 bits per heavy atom. The fraction of sp³-hybridized carbons (Fsp3) is 0.435. The van der Waals surface area contributed by atoms with Crippen LogP contribution in [0.15, 0.2) is 48.5 Å². The van der Waals surface area contributed by atoms with Crippen molar-refractivity contribution in [3.63, 3.8) is 0 Å². The largest absolute Gasteiger partial charge is 0.416 e. The molecule has 0 radical (unpaired) electrons. The van der Waals surface area contributed by atoms with Crippen LogP contribution < -0.4 is 15.1 Å². The van der Waals surface area contributed by atoms with Gasteiger partial charge < -0.3 is 15.1 Å². The molecule has 1 saturated heterocycles. The molecule has 1 amide bonds. The predicted molar refractivity (Wildman–Crippen MR) is 110 cm³/mol. The molecule has 2 aliphatic heterocycles. The molecule has 0 unspecified atom stereocenters. The van der Waals surface area contributed by atoms with Crippen LogP contribution >= 0.6 is 0 Å². The molecule has 2 atom stereocenters. The molecule has 158 valence electrons. The lowest BCUT2D eigenvalue weighted by atomic mass is 9.82. The molecule has 2 aromatic rings. The normalized spacial score (nSPS) is 23.6. The molecule has 2 fully saturated rings. The molecule has 1 N–H and O–H groups in total. The quantitative estimate of drug-likeness (QED) is 0.827. The summed E-state index contributed by atoms with van der Waals surface area (Å²) in [5, 5.41) is 3.08. The minimum atomic E-state index is -4.39. The molecule has 5 rings (SSSR count). The average molecular weight is 415 g/mol. The van der Waals surface area contributed by atoms with Crippen molar-refractivity contribution in [1.82, 2.24) is 5.32 Å². The lowest BCUT2D eigenvalue weighted by Gasteiger charge is -2.49. The van der Waals surface area contributed by atoms with E-state index in [2.05, 4.69) is 27.2 Å². The molecule has 0 spiro atoms. The van der Waals surface area contributed by atoms with Crippen molar-refractivity contribution in [2.75, 3.05) is 29.4 Å². The number of halogens is 3. The third kappa shape index (κ3) is 3.61. The number of rotatable bonds is 3. The number of fused-ring (bicyclic) bond motifs is 3. The van der Waals surface area contributed by atoms with Gasteiger partial charge in [-0.25, -0.2) is 0 Å². The zero-order valence-electron chi connectivity index (χ0n) is 16.5. The Hall–Kier alpha value is -2.70. The number of hydrogen-bond donors (Lipinski definition) is 1. The highest BCUT2D eigenvalue weighted by molar-refractivity contribution is 5.83. The summed E-state index contributed by atoms with van der Waals surface area (Å²) in [6, 6.07) is 14.2. The molecule has 0 bridgehead atoms. The smallest absolute Gasteiger partial charge is 0.368 e. The number of nitrogens with zero attached hydrogens (tertiary/aromatic N) is 2. The van der Waals surface area contributed by atoms with E-state index in [0.717, 1.165) is 36.8 Å². The first-order chi connectivity index (χ1) is 14.4. The second-order valence-electron chi connectivity index (χ2n) is 8.48. The van der Waals surface area contributed by atoms with Crippen LogP contribution in [0.25, 0.3) is 0 Å². The van der Waals surface area contributed by atoms with E-state index in [0.29, 0.717) is 25.1 Å². The molecule has 2 aromatic carbocycles. The molecular formula is C23H24F3N3O. The van der Waals surface area contributed by atoms with Crippen molar-refractivity contribution >= 4 is 17.3 Å². The van der Waals surface area contributed by atoms with E-state index < -0.39 is 11.7 Å². The summed E-state index contributed by atoms with van der Waals surface area (Å²) in [5.74, 6) is -0.404. The highest BCUT2D eigenvalue weighted by atomic mass is 19.4. The van der Waals surface area contributed by atoms with Crippen molar-refractivity contribution in [3.05, 3.63) is 59.7 Å². The van der Waals surface area contributed by atoms with Crippen molar-refractivity contribution in [2.45, 2.75) is 37.5 Å². The van der Waals surface area contributed by atoms with Crippen LogP contribution in [-0.4, -0.2) is 37.6 Å². The number of benzene rings is 2. The van der Waals surface area contributed by atoms with Gasteiger partial charge in [-0.1, -0.05) is 18.2 Å². The minimum absolute atomic E-state index is 0.0366. The molecule has 3 aliphatic rings. The highest BCUT2D eigenvalue weighted by Crippen LogP contribution is 2.40. The Bertz CT molecular complexity index is 942. The van der Waals surface area contributed by atoms with Gasteiger partial charge in [0.25, 0.3) is 0 Å². The van der Waals surface area contributed by atoms with Crippen LogP contribution in [0.5, 0.6) is 0 Å². The average Bonchev–Trinajstić information content (AvgIpc) is 3.56. The van der Waals surface area contributed by atoms with Crippen molar-refractivity contribution < 1.29 is 18.0 Å². The third-order valence-corrected chi connectivity index (χ3v) is 6.42. The first kappa shape index (κ1) is 19.3. The molecule has 4 nitrogen and oxygen atoms in total. The highest BCUT2D eigenvalue weighted by Gasteiger charge is 2.43. The summed E-state index contributed by atoms with van der Waals surface area (Å²) in [6.45, 7) is 2.11. The van der Waals surface area contributed by atoms with E-state index >= 15 is 0 Å². The summed E-state index contributed by atoms with van der Waals surface area (Å²) < 4.78 is 39.8. The molecule has 1 aliphatic carbocycles. The standard InChI is InChI=1S/C23H24F3N3O/c24-23(25,26)16-6-9-20-15(12-16)13-19(22(30)27-17-7-8-17)21-14-28(10-11-29(20)21)18-4-2-1-3-5-18/h1-6,9,12,17,19,21H,7-8,10-11,13-14H2,(H,27,30)/t19-,21+/m0/s1. The number of nitrogens with one attached hydrogen (secondary N) is 1. The number of para-hydroxylation sites is 1. The van der Waals surface area contributed by atoms with Gasteiger partial charge in [0, 0.05) is 37.1 Å². The van der Waals surface area contributed by atoms with Crippen LogP contribution in [0.4, 0.5) is 24.5 Å². The van der Waals surface area contributed by atoms with Gasteiger partial charge in [-0.2, -0.15) is 13.2 Å². The van der Waals surface area contributed by atoms with Crippen LogP contribution in [0.1, 0.15) is 24.0 Å². The van der Waals surface area contributed by atoms with Gasteiger partial charge in [-0.05, 0) is 55.2 Å². The molecular weight excluding hydrogens is 391 g/mol. The maximum atomic E-state index is 13.3. The van der Waals surface area contributed by atoms with E-state index in [-0.39, 0.29) is 23.9 Å². The van der Waals surface area contributed by atoms with Gasteiger partial charge in [0.15, 0.2) is 0 Å². The number of carbonyl (C=O) groups excluding carboxylic acids is 1. The van der Waals surface area contributed by atoms with Gasteiger partial charge >= 0.3 is 6.18 Å². The van der Waals surface area contributed by atoms with Crippen LogP contribution in [-0.2, 0) is 17.4 Å². The summed E-state index contributed by atoms with van der Waals surface area (Å²) in [6.07, 6.45) is -2.08. The molecule has 7 heteroatoms. The Labute approximate surface area is 173 Å². The monoisotopic (exact) mass is 415 g/mol. The maximum absolute atomic E-state index is 13.3. The first-order valence-electron chi connectivity index (χ1n) is 10.5. The van der Waals surface area contributed by atoms with E-state index in [1.54, 1.807) is 6.07 Å². The SMILES string of the molecule is O=C(NC1CC1)[C@H]1Cc2cc(C(F)(F)F)ccc2N2CCN(c3ccccc3)C[C@H]12. The fourth-order valence-electron chi connectivity index (χ4n) is 4.71. The number of amides is 1. The van der Waals surface area contributed by atoms with Crippen LogP contribution in [0, 0.1) is 5.92 Å². The molecule has 1 saturated carbocycles. The number of anilines is 2. The Morgan fingerprint density at radius 3 is 2.50 bits per heavy atom. The maximum Gasteiger partial charge on any atom is 0.416 e. The fourth-order valence-corrected chi connectivity index (χ4v) is 4.71. The van der Waals surface area contributed by atoms with Gasteiger partial charge in [0.05, 0.1) is 17.5 Å². The number of piperazine rings is 1. The number of carbonyl (C=O) groups is 1. The zero-order chi connectivity index (χ0) is 20.9. The zero-order valence-corrected chi connectivity index (χ0v) is 16.5. The van der Waals surface area contributed by atoms with E-state index in [4.69, 9.17) is 0 Å². The van der Waals surface area contributed by atoms with E-state index in [1.165, 1.54) is 6.07 Å². The topological polar surface area (TPSA) is 35.6 Å². The van der Waals surface area contributed by atoms with Gasteiger partial charge in [0.2, 0.25) is 5.91 Å². The summed E-state index contributed by atoms with van der Waals surface area (Å²) in [5.41, 5.74) is 1.90. The first-order valence-corrected chi connectivity index (χ1v) is 10.5. The van der Waals surface area contributed by atoms with Gasteiger partial charge in [-0.3, -0.25) is 4.79 Å². The minimum Gasteiger partial charge on any atom is -0.368 e. The van der Waals surface area contributed by atoms with Crippen molar-refractivity contribution in [3.8, 4) is 0 Å². The lowest BCUT2D eigenvalue weighted by Crippen LogP contribution is -2.61. The molecule has 2 heterocycles. The summed E-state index contributed by atoms with van der Waals surface area (Å²) >= 11 is 0. The Morgan fingerprint density at radius 2 is 1.80 bits per heavy atom. The lowest BCUT2D eigenvalue weighted by molar-refractivity contribution is -0.137. The van der Waals surface area contributed by atoms with E-state index in [9.17, 15) is 18.0 Å². The molecule has 30 heavy (non-hydrogen) atoms. The molecule has 0 aromatic heterocycles. The van der Waals surface area contributed by atoms with Crippen LogP contribution in [0.3, 0.4) is 0 Å². The second kappa shape index (κ2) is 7.22. The third-order valence-electron chi connectivity index (χ3n) is 6.42. The van der Waals surface area contributed by atoms with E-state index in [1.807, 2.05) is 18.2 Å². The van der Waals surface area contributed by atoms with Crippen LogP contribution in [0.2, 0.25) is 0 Å². The summed E-state index contributed by atoms with van der Waals surface area (Å²) in [7, 11) is 0. The van der Waals surface area contributed by atoms with Crippen molar-refractivity contribution in [2.24, 2.45) is 5.92 Å². The summed E-state index contributed by atoms with van der Waals surface area (Å²) in [4.78, 5) is 17.5.